The molecule has 2 rings (SSSR count). The number of thiophene rings is 1. The van der Waals surface area contributed by atoms with E-state index in [1.165, 1.54) is 4.88 Å². The lowest BCUT2D eigenvalue weighted by atomic mass is 10.0. The molecule has 2 heterocycles. The van der Waals surface area contributed by atoms with Crippen LogP contribution in [0, 0.1) is 0 Å². The number of hydrogen-bond donors (Lipinski definition) is 1. The zero-order valence-corrected chi connectivity index (χ0v) is 13.6. The minimum absolute atomic E-state index is 0.334. The first-order valence-electron chi connectivity index (χ1n) is 6.98. The van der Waals surface area contributed by atoms with Crippen LogP contribution in [-0.4, -0.2) is 56.1 Å². The van der Waals surface area contributed by atoms with Crippen molar-refractivity contribution in [3.63, 3.8) is 0 Å². The average molecular weight is 302 g/mol. The third-order valence-electron chi connectivity index (χ3n) is 3.83. The van der Waals surface area contributed by atoms with E-state index >= 15 is 0 Å². The molecule has 1 aliphatic rings. The van der Waals surface area contributed by atoms with Crippen LogP contribution in [0.15, 0.2) is 11.4 Å². The molecule has 108 valence electrons. The number of piperazine rings is 1. The Morgan fingerprint density at radius 3 is 2.89 bits per heavy atom. The van der Waals surface area contributed by atoms with Gasteiger partial charge in [0.2, 0.25) is 0 Å². The van der Waals surface area contributed by atoms with Gasteiger partial charge in [0.05, 0.1) is 11.1 Å². The molecule has 0 bridgehead atoms. The van der Waals surface area contributed by atoms with Gasteiger partial charge in [-0.15, -0.1) is 11.3 Å². The van der Waals surface area contributed by atoms with Crippen molar-refractivity contribution in [2.75, 3.05) is 40.3 Å². The van der Waals surface area contributed by atoms with Crippen LogP contribution in [0.25, 0.3) is 0 Å². The summed E-state index contributed by atoms with van der Waals surface area (Å²) in [4.78, 5) is 6.15. The number of halogens is 1. The lowest BCUT2D eigenvalue weighted by molar-refractivity contribution is 0.0885. The Labute approximate surface area is 125 Å². The summed E-state index contributed by atoms with van der Waals surface area (Å²) in [7, 11) is 4.42. The topological polar surface area (TPSA) is 18.5 Å². The second-order valence-corrected chi connectivity index (χ2v) is 6.73. The fourth-order valence-corrected chi connectivity index (χ4v) is 3.94. The highest BCUT2D eigenvalue weighted by Gasteiger charge is 2.32. The van der Waals surface area contributed by atoms with Crippen LogP contribution >= 0.6 is 22.9 Å². The zero-order chi connectivity index (χ0) is 13.8. The first-order chi connectivity index (χ1) is 9.13. The van der Waals surface area contributed by atoms with Crippen molar-refractivity contribution in [2.24, 2.45) is 0 Å². The summed E-state index contributed by atoms with van der Waals surface area (Å²) in [6, 6.07) is 2.83. The second kappa shape index (κ2) is 7.04. The van der Waals surface area contributed by atoms with Gasteiger partial charge in [-0.05, 0) is 38.5 Å². The number of likely N-dealkylation sites (N-methyl/N-ethyl adjacent to an activating group) is 2. The van der Waals surface area contributed by atoms with Crippen molar-refractivity contribution in [2.45, 2.75) is 25.4 Å². The van der Waals surface area contributed by atoms with Crippen molar-refractivity contribution in [1.82, 2.24) is 15.1 Å². The smallest absolute Gasteiger partial charge is 0.0600 e. The van der Waals surface area contributed by atoms with Gasteiger partial charge < -0.3 is 10.2 Å². The molecule has 0 amide bonds. The Morgan fingerprint density at radius 2 is 2.26 bits per heavy atom. The molecule has 19 heavy (non-hydrogen) atoms. The Kier molecular flexibility index (Phi) is 5.66. The molecule has 0 radical (unpaired) electrons. The Balaban J connectivity index is 2.19. The third-order valence-corrected chi connectivity index (χ3v) is 5.27. The average Bonchev–Trinajstić information content (AvgIpc) is 2.80. The van der Waals surface area contributed by atoms with Gasteiger partial charge in [-0.3, -0.25) is 4.90 Å². The van der Waals surface area contributed by atoms with E-state index in [0.29, 0.717) is 12.1 Å². The van der Waals surface area contributed by atoms with E-state index in [9.17, 15) is 0 Å². The van der Waals surface area contributed by atoms with Crippen molar-refractivity contribution >= 4 is 22.9 Å². The summed E-state index contributed by atoms with van der Waals surface area (Å²) >= 11 is 8.12. The molecular formula is C14H24ClN3S. The standard InChI is InChI=1S/C14H24ClN3S/c1-4-6-16-13(14-11(15)5-9-19-14)12-10-17(2)7-8-18(12)3/h5,9,12-13,16H,4,6-8,10H2,1-3H3. The highest BCUT2D eigenvalue weighted by molar-refractivity contribution is 7.10. The predicted molar refractivity (Wildman–Crippen MR) is 84.3 cm³/mol. The zero-order valence-electron chi connectivity index (χ0n) is 12.0. The van der Waals surface area contributed by atoms with Crippen LogP contribution in [-0.2, 0) is 0 Å². The van der Waals surface area contributed by atoms with Crippen molar-refractivity contribution < 1.29 is 0 Å². The molecule has 1 aromatic heterocycles. The van der Waals surface area contributed by atoms with E-state index in [0.717, 1.165) is 37.6 Å². The van der Waals surface area contributed by atoms with Gasteiger partial charge in [0.15, 0.2) is 0 Å². The fourth-order valence-electron chi connectivity index (χ4n) is 2.63. The number of rotatable bonds is 5. The lowest BCUT2D eigenvalue weighted by Gasteiger charge is -2.42. The minimum atomic E-state index is 0.334. The number of nitrogens with zero attached hydrogens (tertiary/aromatic N) is 2. The molecule has 0 aliphatic carbocycles. The van der Waals surface area contributed by atoms with Gasteiger partial charge >= 0.3 is 0 Å². The Hall–Kier alpha value is -0.130. The molecule has 3 nitrogen and oxygen atoms in total. The molecule has 0 spiro atoms. The summed E-state index contributed by atoms with van der Waals surface area (Å²) in [5, 5.41) is 6.68. The molecule has 1 fully saturated rings. The maximum atomic E-state index is 6.36. The highest BCUT2D eigenvalue weighted by atomic mass is 35.5. The van der Waals surface area contributed by atoms with Gasteiger partial charge in [-0.1, -0.05) is 18.5 Å². The van der Waals surface area contributed by atoms with E-state index in [1.807, 2.05) is 6.07 Å². The quantitative estimate of drug-likeness (QED) is 0.902. The van der Waals surface area contributed by atoms with Crippen LogP contribution in [0.4, 0.5) is 0 Å². The van der Waals surface area contributed by atoms with E-state index in [-0.39, 0.29) is 0 Å². The van der Waals surface area contributed by atoms with E-state index < -0.39 is 0 Å². The monoisotopic (exact) mass is 301 g/mol. The largest absolute Gasteiger partial charge is 0.308 e. The molecular weight excluding hydrogens is 278 g/mol. The normalized spacial score (nSPS) is 23.7. The summed E-state index contributed by atoms with van der Waals surface area (Å²) in [5.74, 6) is 0. The van der Waals surface area contributed by atoms with Crippen molar-refractivity contribution in [3.05, 3.63) is 21.3 Å². The molecule has 2 atom stereocenters. The fraction of sp³-hybridized carbons (Fsp3) is 0.714. The molecule has 1 saturated heterocycles. The SMILES string of the molecule is CCCNC(c1sccc1Cl)C1CN(C)CCN1C. The first kappa shape index (κ1) is 15.3. The van der Waals surface area contributed by atoms with Gasteiger partial charge in [0.1, 0.15) is 0 Å². The lowest BCUT2D eigenvalue weighted by Crippen LogP contribution is -2.55. The third kappa shape index (κ3) is 3.70. The molecule has 0 aromatic carbocycles. The van der Waals surface area contributed by atoms with Gasteiger partial charge in [0, 0.05) is 30.6 Å². The first-order valence-corrected chi connectivity index (χ1v) is 8.24. The maximum Gasteiger partial charge on any atom is 0.0600 e. The van der Waals surface area contributed by atoms with Gasteiger partial charge in [-0.25, -0.2) is 0 Å². The van der Waals surface area contributed by atoms with Crippen LogP contribution in [0.1, 0.15) is 24.3 Å². The maximum absolute atomic E-state index is 6.36. The van der Waals surface area contributed by atoms with Crippen molar-refractivity contribution in [3.8, 4) is 0 Å². The number of hydrogen-bond acceptors (Lipinski definition) is 4. The summed E-state index contributed by atoms with van der Waals surface area (Å²) in [5.41, 5.74) is 0. The highest BCUT2D eigenvalue weighted by Crippen LogP contribution is 2.33. The van der Waals surface area contributed by atoms with Gasteiger partial charge in [-0.2, -0.15) is 0 Å². The minimum Gasteiger partial charge on any atom is -0.308 e. The van der Waals surface area contributed by atoms with Crippen LogP contribution in [0.2, 0.25) is 5.02 Å². The Bertz CT molecular complexity index is 396. The van der Waals surface area contributed by atoms with Gasteiger partial charge in [0.25, 0.3) is 0 Å². The second-order valence-electron chi connectivity index (χ2n) is 5.37. The molecule has 0 saturated carbocycles. The summed E-state index contributed by atoms with van der Waals surface area (Å²) in [6.07, 6.45) is 1.14. The molecule has 1 N–H and O–H groups in total. The predicted octanol–water partition coefficient (Wildman–Crippen LogP) is 2.69. The van der Waals surface area contributed by atoms with Crippen LogP contribution in [0.5, 0.6) is 0 Å². The molecule has 2 unspecified atom stereocenters. The summed E-state index contributed by atoms with van der Waals surface area (Å²) in [6.45, 7) is 6.59. The molecule has 1 aliphatic heterocycles. The molecule has 5 heteroatoms. The molecule has 1 aromatic rings. The van der Waals surface area contributed by atoms with E-state index in [1.54, 1.807) is 11.3 Å². The summed E-state index contributed by atoms with van der Waals surface area (Å²) < 4.78 is 0. The van der Waals surface area contributed by atoms with Crippen LogP contribution in [0.3, 0.4) is 0 Å². The van der Waals surface area contributed by atoms with E-state index in [4.69, 9.17) is 11.6 Å². The van der Waals surface area contributed by atoms with Crippen LogP contribution < -0.4 is 5.32 Å². The Morgan fingerprint density at radius 1 is 1.47 bits per heavy atom. The van der Waals surface area contributed by atoms with Crippen molar-refractivity contribution in [1.29, 1.82) is 0 Å². The number of nitrogens with one attached hydrogen (secondary N) is 1. The van der Waals surface area contributed by atoms with E-state index in [2.05, 4.69) is 41.5 Å².